The molecule has 1 rings (SSSR count). The lowest BCUT2D eigenvalue weighted by Crippen LogP contribution is -2.34. The number of nitrogens with zero attached hydrogens (tertiary/aromatic N) is 1. The number of methoxy groups -OCH3 is 1. The summed E-state index contributed by atoms with van der Waals surface area (Å²) in [6, 6.07) is 5.35. The Hall–Kier alpha value is -1.81. The predicted octanol–water partition coefficient (Wildman–Crippen LogP) is 1.85. The van der Waals surface area contributed by atoms with Crippen LogP contribution in [0.3, 0.4) is 0 Å². The molecule has 0 atom stereocenters. The Morgan fingerprint density at radius 1 is 1.56 bits per heavy atom. The van der Waals surface area contributed by atoms with E-state index in [0.717, 1.165) is 5.56 Å². The average molecular weight is 248 g/mol. The van der Waals surface area contributed by atoms with Crippen molar-refractivity contribution in [2.24, 2.45) is 0 Å². The lowest BCUT2D eigenvalue weighted by atomic mass is 10.1. The molecule has 0 aliphatic rings. The molecule has 1 amide bonds. The summed E-state index contributed by atoms with van der Waals surface area (Å²) in [6.45, 7) is 7.10. The van der Waals surface area contributed by atoms with Gasteiger partial charge in [-0.2, -0.15) is 0 Å². The molecule has 98 valence electrons. The molecule has 0 saturated heterocycles. The number of aryl methyl sites for hydroxylation is 1. The Labute approximate surface area is 108 Å². The molecule has 1 aromatic rings. The summed E-state index contributed by atoms with van der Waals surface area (Å²) in [5, 5.41) is 0. The number of nitrogens with two attached hydrogens (primary N) is 1. The van der Waals surface area contributed by atoms with E-state index in [1.807, 2.05) is 13.0 Å². The van der Waals surface area contributed by atoms with E-state index >= 15 is 0 Å². The van der Waals surface area contributed by atoms with E-state index in [1.54, 1.807) is 30.2 Å². The molecule has 0 aliphatic carbocycles. The van der Waals surface area contributed by atoms with Crippen molar-refractivity contribution in [2.45, 2.75) is 6.92 Å². The van der Waals surface area contributed by atoms with Crippen LogP contribution in [0.15, 0.2) is 30.9 Å². The summed E-state index contributed by atoms with van der Waals surface area (Å²) >= 11 is 0. The number of carbonyl (C=O) groups excluding carboxylic acids is 1. The van der Waals surface area contributed by atoms with Crippen molar-refractivity contribution in [3.05, 3.63) is 42.0 Å². The topological polar surface area (TPSA) is 55.6 Å². The van der Waals surface area contributed by atoms with Gasteiger partial charge in [0.15, 0.2) is 0 Å². The van der Waals surface area contributed by atoms with E-state index in [2.05, 4.69) is 6.58 Å². The van der Waals surface area contributed by atoms with Gasteiger partial charge in [0.1, 0.15) is 0 Å². The van der Waals surface area contributed by atoms with Crippen LogP contribution in [-0.4, -0.2) is 37.6 Å². The highest BCUT2D eigenvalue weighted by molar-refractivity contribution is 5.96. The van der Waals surface area contributed by atoms with Gasteiger partial charge in [-0.25, -0.2) is 0 Å². The summed E-state index contributed by atoms with van der Waals surface area (Å²) in [4.78, 5) is 14.1. The Balaban J connectivity index is 2.93. The molecule has 0 radical (unpaired) electrons. The SMILES string of the molecule is C=CCN(CCOC)C(=O)c1cc(N)ccc1C. The zero-order valence-electron chi connectivity index (χ0n) is 11.0. The highest BCUT2D eigenvalue weighted by Crippen LogP contribution is 2.15. The highest BCUT2D eigenvalue weighted by Gasteiger charge is 2.16. The molecular formula is C14H20N2O2. The zero-order chi connectivity index (χ0) is 13.5. The van der Waals surface area contributed by atoms with Crippen LogP contribution in [-0.2, 0) is 4.74 Å². The summed E-state index contributed by atoms with van der Waals surface area (Å²) in [7, 11) is 1.61. The lowest BCUT2D eigenvalue weighted by molar-refractivity contribution is 0.0717. The first-order valence-corrected chi connectivity index (χ1v) is 5.85. The summed E-state index contributed by atoms with van der Waals surface area (Å²) in [5.41, 5.74) is 7.87. The molecule has 0 fully saturated rings. The van der Waals surface area contributed by atoms with Crippen molar-refractivity contribution < 1.29 is 9.53 Å². The molecule has 1 aromatic carbocycles. The maximum absolute atomic E-state index is 12.4. The Kier molecular flexibility index (Phi) is 5.39. The van der Waals surface area contributed by atoms with Crippen LogP contribution in [0, 0.1) is 6.92 Å². The van der Waals surface area contributed by atoms with Gasteiger partial charge in [-0.1, -0.05) is 12.1 Å². The van der Waals surface area contributed by atoms with Crippen LogP contribution in [0.2, 0.25) is 0 Å². The molecular weight excluding hydrogens is 228 g/mol. The Morgan fingerprint density at radius 2 is 2.28 bits per heavy atom. The molecule has 0 unspecified atom stereocenters. The number of amides is 1. The zero-order valence-corrected chi connectivity index (χ0v) is 11.0. The van der Waals surface area contributed by atoms with Gasteiger partial charge in [0.2, 0.25) is 0 Å². The number of hydrogen-bond acceptors (Lipinski definition) is 3. The largest absolute Gasteiger partial charge is 0.399 e. The minimum absolute atomic E-state index is 0.0447. The number of anilines is 1. The van der Waals surface area contributed by atoms with Crippen molar-refractivity contribution >= 4 is 11.6 Å². The number of nitrogen functional groups attached to an aromatic ring is 1. The molecule has 2 N–H and O–H groups in total. The first kappa shape index (κ1) is 14.3. The van der Waals surface area contributed by atoms with Gasteiger partial charge < -0.3 is 15.4 Å². The Bertz CT molecular complexity index is 430. The second kappa shape index (κ2) is 6.81. The predicted molar refractivity (Wildman–Crippen MR) is 73.6 cm³/mol. The quantitative estimate of drug-likeness (QED) is 0.617. The monoisotopic (exact) mass is 248 g/mol. The molecule has 0 heterocycles. The van der Waals surface area contributed by atoms with Crippen LogP contribution in [0.5, 0.6) is 0 Å². The van der Waals surface area contributed by atoms with E-state index in [4.69, 9.17) is 10.5 Å². The number of rotatable bonds is 6. The molecule has 0 aliphatic heterocycles. The molecule has 0 spiro atoms. The smallest absolute Gasteiger partial charge is 0.254 e. The van der Waals surface area contributed by atoms with E-state index < -0.39 is 0 Å². The molecule has 0 saturated carbocycles. The van der Waals surface area contributed by atoms with E-state index in [1.165, 1.54) is 0 Å². The van der Waals surface area contributed by atoms with Crippen molar-refractivity contribution in [3.8, 4) is 0 Å². The second-order valence-corrected chi connectivity index (χ2v) is 4.11. The molecule has 4 nitrogen and oxygen atoms in total. The number of hydrogen-bond donors (Lipinski definition) is 1. The van der Waals surface area contributed by atoms with Gasteiger partial charge in [-0.15, -0.1) is 6.58 Å². The molecule has 4 heteroatoms. The van der Waals surface area contributed by atoms with E-state index in [9.17, 15) is 4.79 Å². The van der Waals surface area contributed by atoms with Gasteiger partial charge in [0.25, 0.3) is 5.91 Å². The van der Waals surface area contributed by atoms with E-state index in [-0.39, 0.29) is 5.91 Å². The standard InChI is InChI=1S/C14H20N2O2/c1-4-7-16(8-9-18-3)14(17)13-10-12(15)6-5-11(13)2/h4-6,10H,1,7-9,15H2,2-3H3. The van der Waals surface area contributed by atoms with Crippen LogP contribution in [0.1, 0.15) is 15.9 Å². The summed E-state index contributed by atoms with van der Waals surface area (Å²) in [6.07, 6.45) is 1.70. The van der Waals surface area contributed by atoms with Gasteiger partial charge in [-0.05, 0) is 24.6 Å². The summed E-state index contributed by atoms with van der Waals surface area (Å²) < 4.78 is 5.01. The van der Waals surface area contributed by atoms with Gasteiger partial charge >= 0.3 is 0 Å². The van der Waals surface area contributed by atoms with Gasteiger partial charge in [0.05, 0.1) is 6.61 Å². The van der Waals surface area contributed by atoms with Crippen LogP contribution < -0.4 is 5.73 Å². The average Bonchev–Trinajstić information content (AvgIpc) is 2.36. The number of benzene rings is 1. The maximum atomic E-state index is 12.4. The molecule has 0 bridgehead atoms. The summed E-state index contributed by atoms with van der Waals surface area (Å²) in [5.74, 6) is -0.0447. The second-order valence-electron chi connectivity index (χ2n) is 4.11. The van der Waals surface area contributed by atoms with Gasteiger partial charge in [0, 0.05) is 31.5 Å². The van der Waals surface area contributed by atoms with Crippen LogP contribution in [0.4, 0.5) is 5.69 Å². The lowest BCUT2D eigenvalue weighted by Gasteiger charge is -2.21. The minimum Gasteiger partial charge on any atom is -0.399 e. The fraction of sp³-hybridized carbons (Fsp3) is 0.357. The van der Waals surface area contributed by atoms with E-state index in [0.29, 0.717) is 30.9 Å². The third kappa shape index (κ3) is 3.60. The van der Waals surface area contributed by atoms with Crippen molar-refractivity contribution in [2.75, 3.05) is 32.5 Å². The van der Waals surface area contributed by atoms with Crippen molar-refractivity contribution in [1.82, 2.24) is 4.90 Å². The minimum atomic E-state index is -0.0447. The van der Waals surface area contributed by atoms with Crippen molar-refractivity contribution in [1.29, 1.82) is 0 Å². The highest BCUT2D eigenvalue weighted by atomic mass is 16.5. The van der Waals surface area contributed by atoms with Gasteiger partial charge in [-0.3, -0.25) is 4.79 Å². The fourth-order valence-corrected chi connectivity index (χ4v) is 1.67. The van der Waals surface area contributed by atoms with Crippen LogP contribution >= 0.6 is 0 Å². The first-order valence-electron chi connectivity index (χ1n) is 5.85. The Morgan fingerprint density at radius 3 is 2.89 bits per heavy atom. The molecule has 0 aromatic heterocycles. The third-order valence-corrected chi connectivity index (χ3v) is 2.69. The number of ether oxygens (including phenoxy) is 1. The fourth-order valence-electron chi connectivity index (χ4n) is 1.67. The van der Waals surface area contributed by atoms with Crippen LogP contribution in [0.25, 0.3) is 0 Å². The first-order chi connectivity index (χ1) is 8.60. The van der Waals surface area contributed by atoms with Crippen molar-refractivity contribution in [3.63, 3.8) is 0 Å². The molecule has 18 heavy (non-hydrogen) atoms. The number of carbonyl (C=O) groups is 1. The maximum Gasteiger partial charge on any atom is 0.254 e. The third-order valence-electron chi connectivity index (χ3n) is 2.69. The normalized spacial score (nSPS) is 10.1.